The molecule has 0 saturated carbocycles. The Hall–Kier alpha value is -0.400. The lowest BCUT2D eigenvalue weighted by Crippen LogP contribution is -2.41. The van der Waals surface area contributed by atoms with Crippen LogP contribution in [-0.2, 0) is 19.8 Å². The van der Waals surface area contributed by atoms with E-state index in [9.17, 15) is 0 Å². The summed E-state index contributed by atoms with van der Waals surface area (Å²) in [5, 5.41) is 0.417. The molecule has 3 aliphatic heterocycles. The van der Waals surface area contributed by atoms with Crippen LogP contribution in [0.5, 0.6) is 5.75 Å². The van der Waals surface area contributed by atoms with Crippen LogP contribution < -0.4 is 4.74 Å². The van der Waals surface area contributed by atoms with Gasteiger partial charge in [0.1, 0.15) is 22.6 Å². The first-order valence-corrected chi connectivity index (χ1v) is 8.28. The Morgan fingerprint density at radius 3 is 2.86 bits per heavy atom. The first-order valence-electron chi connectivity index (χ1n) is 6.99. The van der Waals surface area contributed by atoms with Crippen molar-refractivity contribution in [3.05, 3.63) is 22.5 Å². The minimum atomic E-state index is -0.487. The summed E-state index contributed by atoms with van der Waals surface area (Å²) in [6.07, 6.45) is 0.880. The summed E-state index contributed by atoms with van der Waals surface area (Å²) in [6, 6.07) is 1.78. The molecule has 7 heteroatoms. The normalized spacial score (nSPS) is 32.0. The van der Waals surface area contributed by atoms with E-state index in [1.54, 1.807) is 6.07 Å². The van der Waals surface area contributed by atoms with E-state index in [1.165, 1.54) is 0 Å². The van der Waals surface area contributed by atoms with Crippen LogP contribution in [0.25, 0.3) is 0 Å². The van der Waals surface area contributed by atoms with Crippen LogP contribution in [0.2, 0.25) is 5.15 Å². The van der Waals surface area contributed by atoms with Crippen molar-refractivity contribution in [1.29, 1.82) is 0 Å². The zero-order chi connectivity index (χ0) is 14.4. The van der Waals surface area contributed by atoms with Crippen LogP contribution in [0.15, 0.2) is 6.07 Å². The second-order valence-corrected chi connectivity index (χ2v) is 7.05. The van der Waals surface area contributed by atoms with Crippen LogP contribution in [0, 0.1) is 0 Å². The molecule has 0 N–H and O–H groups in total. The highest BCUT2D eigenvalue weighted by atomic mass is 79.9. The summed E-state index contributed by atoms with van der Waals surface area (Å²) in [6.45, 7) is 2.99. The van der Waals surface area contributed by atoms with Gasteiger partial charge in [-0.05, 0) is 0 Å². The molecule has 0 bridgehead atoms. The smallest absolute Gasteiger partial charge is 0.145 e. The Labute approximate surface area is 136 Å². The minimum absolute atomic E-state index is 0.0412. The maximum Gasteiger partial charge on any atom is 0.145 e. The molecule has 21 heavy (non-hydrogen) atoms. The zero-order valence-corrected chi connectivity index (χ0v) is 13.7. The van der Waals surface area contributed by atoms with Crippen molar-refractivity contribution < 1.29 is 18.9 Å². The van der Waals surface area contributed by atoms with Gasteiger partial charge in [-0.25, -0.2) is 4.98 Å². The van der Waals surface area contributed by atoms with E-state index in [-0.39, 0.29) is 10.9 Å². The second-order valence-electron chi connectivity index (χ2n) is 5.56. The van der Waals surface area contributed by atoms with E-state index in [1.807, 2.05) is 0 Å². The number of nitrogens with zero attached hydrogens (tertiary/aromatic N) is 1. The number of alkyl halides is 1. The molecule has 1 aromatic rings. The van der Waals surface area contributed by atoms with E-state index in [0.29, 0.717) is 38.2 Å². The third-order valence-electron chi connectivity index (χ3n) is 4.13. The third-order valence-corrected chi connectivity index (χ3v) is 5.04. The van der Waals surface area contributed by atoms with Crippen molar-refractivity contribution >= 4 is 27.5 Å². The fourth-order valence-electron chi connectivity index (χ4n) is 2.94. The monoisotopic (exact) mass is 375 g/mol. The van der Waals surface area contributed by atoms with E-state index < -0.39 is 5.60 Å². The molecular formula is C14H15BrClNO4. The highest BCUT2D eigenvalue weighted by molar-refractivity contribution is 9.09. The lowest BCUT2D eigenvalue weighted by molar-refractivity contribution is -0.0837. The van der Waals surface area contributed by atoms with Gasteiger partial charge in [-0.2, -0.15) is 0 Å². The van der Waals surface area contributed by atoms with Gasteiger partial charge in [0, 0.05) is 24.7 Å². The van der Waals surface area contributed by atoms with Gasteiger partial charge in [-0.1, -0.05) is 27.5 Å². The first-order chi connectivity index (χ1) is 10.2. The van der Waals surface area contributed by atoms with Gasteiger partial charge in [-0.15, -0.1) is 0 Å². The minimum Gasteiger partial charge on any atom is -0.485 e. The lowest BCUT2D eigenvalue weighted by Gasteiger charge is -2.37. The Bertz CT molecular complexity index is 560. The number of ether oxygens (including phenoxy) is 4. The zero-order valence-electron chi connectivity index (χ0n) is 11.3. The molecule has 2 fully saturated rings. The van der Waals surface area contributed by atoms with Gasteiger partial charge < -0.3 is 18.9 Å². The molecule has 0 amide bonds. The number of aromatic nitrogens is 1. The topological polar surface area (TPSA) is 49.8 Å². The predicted molar refractivity (Wildman–Crippen MR) is 79.2 cm³/mol. The number of fused-ring (bicyclic) bond motifs is 2. The van der Waals surface area contributed by atoms with Gasteiger partial charge in [0.05, 0.1) is 36.9 Å². The summed E-state index contributed by atoms with van der Waals surface area (Å²) < 4.78 is 22.8. The van der Waals surface area contributed by atoms with Gasteiger partial charge >= 0.3 is 0 Å². The predicted octanol–water partition coefficient (Wildman–Crippen LogP) is 2.59. The molecule has 3 aliphatic rings. The summed E-state index contributed by atoms with van der Waals surface area (Å²) >= 11 is 9.86. The largest absolute Gasteiger partial charge is 0.485 e. The van der Waals surface area contributed by atoms with Crippen molar-refractivity contribution in [3.8, 4) is 5.75 Å². The van der Waals surface area contributed by atoms with Crippen LogP contribution >= 0.6 is 27.5 Å². The summed E-state index contributed by atoms with van der Waals surface area (Å²) in [5.41, 5.74) is 1.39. The van der Waals surface area contributed by atoms with E-state index in [4.69, 9.17) is 30.5 Å². The lowest BCUT2D eigenvalue weighted by atomic mass is 9.89. The number of halogens is 2. The first kappa shape index (κ1) is 14.2. The molecule has 1 aromatic heterocycles. The Morgan fingerprint density at radius 1 is 1.33 bits per heavy atom. The maximum atomic E-state index is 6.20. The Balaban J connectivity index is 1.80. The average molecular weight is 377 g/mol. The Kier molecular flexibility index (Phi) is 3.62. The molecule has 0 aromatic carbocycles. The molecule has 1 spiro atoms. The quantitative estimate of drug-likeness (QED) is 0.586. The number of hydrogen-bond donors (Lipinski definition) is 0. The molecule has 0 radical (unpaired) electrons. The molecule has 114 valence electrons. The fraction of sp³-hybridized carbons (Fsp3) is 0.643. The van der Waals surface area contributed by atoms with E-state index >= 15 is 0 Å². The van der Waals surface area contributed by atoms with E-state index in [0.717, 1.165) is 23.4 Å². The average Bonchev–Trinajstić information content (AvgIpc) is 2.88. The van der Waals surface area contributed by atoms with Gasteiger partial charge in [0.25, 0.3) is 0 Å². The highest BCUT2D eigenvalue weighted by Gasteiger charge is 2.47. The molecule has 2 saturated heterocycles. The van der Waals surface area contributed by atoms with Crippen molar-refractivity contribution in [2.45, 2.75) is 23.0 Å². The maximum absolute atomic E-state index is 6.20. The molecule has 4 rings (SSSR count). The number of rotatable bonds is 2. The van der Waals surface area contributed by atoms with Crippen LogP contribution in [0.4, 0.5) is 0 Å². The summed E-state index contributed by atoms with van der Waals surface area (Å²) in [5.74, 6) is 0.773. The van der Waals surface area contributed by atoms with E-state index in [2.05, 4.69) is 20.9 Å². The second kappa shape index (κ2) is 5.35. The standard InChI is InChI=1S/C14H15BrClNO4/c15-9-6-20-14(1-2-18-7-14)13-12(9)10(3-11(16)17-13)21-8-4-19-5-8/h3,8-9H,1-2,4-7H2. The highest BCUT2D eigenvalue weighted by Crippen LogP contribution is 2.48. The van der Waals surface area contributed by atoms with Gasteiger partial charge in [-0.3, -0.25) is 0 Å². The van der Waals surface area contributed by atoms with Crippen molar-refractivity contribution in [1.82, 2.24) is 4.98 Å². The third kappa shape index (κ3) is 2.37. The van der Waals surface area contributed by atoms with Crippen molar-refractivity contribution in [2.75, 3.05) is 33.0 Å². The Morgan fingerprint density at radius 2 is 2.19 bits per heavy atom. The van der Waals surface area contributed by atoms with Crippen LogP contribution in [0.3, 0.4) is 0 Å². The molecule has 4 heterocycles. The molecular weight excluding hydrogens is 362 g/mol. The molecule has 5 nitrogen and oxygen atoms in total. The number of pyridine rings is 1. The number of hydrogen-bond acceptors (Lipinski definition) is 5. The fourth-order valence-corrected chi connectivity index (χ4v) is 3.70. The summed E-state index contributed by atoms with van der Waals surface area (Å²) in [4.78, 5) is 4.57. The van der Waals surface area contributed by atoms with Crippen molar-refractivity contribution in [3.63, 3.8) is 0 Å². The van der Waals surface area contributed by atoms with Gasteiger partial charge in [0.15, 0.2) is 0 Å². The van der Waals surface area contributed by atoms with Crippen LogP contribution in [0.1, 0.15) is 22.5 Å². The molecule has 2 unspecified atom stereocenters. The SMILES string of the molecule is Clc1cc(OC2COC2)c2c(n1)C1(CCOC1)OCC2Br. The molecule has 0 aliphatic carbocycles. The summed E-state index contributed by atoms with van der Waals surface area (Å²) in [7, 11) is 0. The molecule has 2 atom stereocenters. The van der Waals surface area contributed by atoms with Crippen molar-refractivity contribution in [2.24, 2.45) is 0 Å². The van der Waals surface area contributed by atoms with Gasteiger partial charge in [0.2, 0.25) is 0 Å². The van der Waals surface area contributed by atoms with Crippen LogP contribution in [-0.4, -0.2) is 44.1 Å².